The van der Waals surface area contributed by atoms with Crippen molar-refractivity contribution in [1.82, 2.24) is 5.32 Å². The molecule has 3 N–H and O–H groups in total. The van der Waals surface area contributed by atoms with Crippen molar-refractivity contribution in [3.8, 4) is 0 Å². The van der Waals surface area contributed by atoms with Gasteiger partial charge in [-0.25, -0.2) is 0 Å². The maximum atomic E-state index is 5.99. The van der Waals surface area contributed by atoms with Gasteiger partial charge >= 0.3 is 0 Å². The van der Waals surface area contributed by atoms with E-state index >= 15 is 0 Å². The average molecular weight is 214 g/mol. The van der Waals surface area contributed by atoms with Crippen LogP contribution in [0.4, 0.5) is 0 Å². The first-order valence-corrected chi connectivity index (χ1v) is 6.07. The maximum Gasteiger partial charge on any atom is 0.0471 e. The van der Waals surface area contributed by atoms with Crippen molar-refractivity contribution in [2.45, 2.75) is 39.7 Å². The Morgan fingerprint density at radius 3 is 2.47 bits per heavy atom. The van der Waals surface area contributed by atoms with Gasteiger partial charge in [0.2, 0.25) is 0 Å². The van der Waals surface area contributed by atoms with Crippen LogP contribution in [0, 0.1) is 11.3 Å². The highest BCUT2D eigenvalue weighted by molar-refractivity contribution is 4.80. The number of ether oxygens (including phenoxy) is 1. The smallest absolute Gasteiger partial charge is 0.0471 e. The minimum absolute atomic E-state index is 0.272. The maximum absolute atomic E-state index is 5.99. The van der Waals surface area contributed by atoms with Crippen molar-refractivity contribution in [2.75, 3.05) is 26.3 Å². The fourth-order valence-electron chi connectivity index (χ4n) is 1.82. The van der Waals surface area contributed by atoms with Crippen LogP contribution in [0.25, 0.3) is 0 Å². The van der Waals surface area contributed by atoms with Crippen LogP contribution in [0.15, 0.2) is 0 Å². The van der Waals surface area contributed by atoms with Gasteiger partial charge in [-0.15, -0.1) is 0 Å². The summed E-state index contributed by atoms with van der Waals surface area (Å²) in [5.74, 6) is 0.556. The van der Waals surface area contributed by atoms with E-state index in [-0.39, 0.29) is 6.04 Å². The van der Waals surface area contributed by atoms with Crippen molar-refractivity contribution < 1.29 is 4.74 Å². The second kappa shape index (κ2) is 5.83. The lowest BCUT2D eigenvalue weighted by Gasteiger charge is -2.34. The van der Waals surface area contributed by atoms with E-state index in [1.807, 2.05) is 0 Å². The van der Waals surface area contributed by atoms with E-state index in [4.69, 9.17) is 10.5 Å². The summed E-state index contributed by atoms with van der Waals surface area (Å²) in [7, 11) is 0. The van der Waals surface area contributed by atoms with E-state index < -0.39 is 0 Å². The van der Waals surface area contributed by atoms with Crippen LogP contribution in [0.2, 0.25) is 0 Å². The molecule has 1 heterocycles. The molecule has 3 heteroatoms. The molecule has 0 spiro atoms. The molecule has 1 aliphatic rings. The number of hydrogen-bond acceptors (Lipinski definition) is 3. The molecule has 0 saturated carbocycles. The minimum Gasteiger partial charge on any atom is -0.381 e. The zero-order valence-corrected chi connectivity index (χ0v) is 10.4. The molecule has 1 saturated heterocycles. The molecular formula is C12H26N2O. The first kappa shape index (κ1) is 12.9. The first-order valence-electron chi connectivity index (χ1n) is 6.07. The van der Waals surface area contributed by atoms with Gasteiger partial charge in [-0.05, 0) is 24.2 Å². The van der Waals surface area contributed by atoms with Gasteiger partial charge in [0.15, 0.2) is 0 Å². The Morgan fingerprint density at radius 1 is 1.33 bits per heavy atom. The van der Waals surface area contributed by atoms with Gasteiger partial charge in [-0.3, -0.25) is 0 Å². The molecule has 0 radical (unpaired) electrons. The molecule has 0 aromatic heterocycles. The number of hydrogen-bond donors (Lipinski definition) is 2. The summed E-state index contributed by atoms with van der Waals surface area (Å²) in [6.45, 7) is 10.5. The molecule has 90 valence electrons. The van der Waals surface area contributed by atoms with E-state index in [1.54, 1.807) is 0 Å². The molecule has 0 aromatic carbocycles. The van der Waals surface area contributed by atoms with Crippen molar-refractivity contribution in [3.05, 3.63) is 0 Å². The molecule has 0 aromatic rings. The molecule has 0 aliphatic carbocycles. The Hall–Kier alpha value is -0.120. The minimum atomic E-state index is 0.272. The van der Waals surface area contributed by atoms with Gasteiger partial charge in [0.05, 0.1) is 0 Å². The number of rotatable bonds is 5. The summed E-state index contributed by atoms with van der Waals surface area (Å²) >= 11 is 0. The summed E-state index contributed by atoms with van der Waals surface area (Å²) in [6.07, 6.45) is 2.33. The fraction of sp³-hybridized carbons (Fsp3) is 1.00. The largest absolute Gasteiger partial charge is 0.381 e. The van der Waals surface area contributed by atoms with Gasteiger partial charge in [0, 0.05) is 32.3 Å². The van der Waals surface area contributed by atoms with Gasteiger partial charge < -0.3 is 15.8 Å². The van der Waals surface area contributed by atoms with E-state index in [1.165, 1.54) is 0 Å². The van der Waals surface area contributed by atoms with Crippen LogP contribution in [0.3, 0.4) is 0 Å². The summed E-state index contributed by atoms with van der Waals surface area (Å²) in [4.78, 5) is 0. The van der Waals surface area contributed by atoms with E-state index in [0.29, 0.717) is 11.3 Å². The fourth-order valence-corrected chi connectivity index (χ4v) is 1.82. The lowest BCUT2D eigenvalue weighted by molar-refractivity contribution is 0.0239. The highest BCUT2D eigenvalue weighted by atomic mass is 16.5. The summed E-state index contributed by atoms with van der Waals surface area (Å²) < 4.78 is 5.38. The standard InChI is InChI=1S/C12H26N2O/c1-10(2)11(13)8-14-9-12(3)4-6-15-7-5-12/h10-11,14H,4-9,13H2,1-3H3. The Kier molecular flexibility index (Phi) is 5.03. The van der Waals surface area contributed by atoms with Crippen LogP contribution in [0.5, 0.6) is 0 Å². The molecule has 0 amide bonds. The van der Waals surface area contributed by atoms with Crippen molar-refractivity contribution in [3.63, 3.8) is 0 Å². The summed E-state index contributed by atoms with van der Waals surface area (Å²) in [5, 5.41) is 3.50. The third-order valence-corrected chi connectivity index (χ3v) is 3.49. The second-order valence-electron chi connectivity index (χ2n) is 5.46. The predicted molar refractivity (Wildman–Crippen MR) is 63.8 cm³/mol. The topological polar surface area (TPSA) is 47.3 Å². The monoisotopic (exact) mass is 214 g/mol. The number of nitrogens with one attached hydrogen (secondary N) is 1. The van der Waals surface area contributed by atoms with E-state index in [9.17, 15) is 0 Å². The van der Waals surface area contributed by atoms with Crippen LogP contribution in [-0.2, 0) is 4.74 Å². The molecular weight excluding hydrogens is 188 g/mol. The normalized spacial score (nSPS) is 23.0. The van der Waals surface area contributed by atoms with Gasteiger partial charge in [-0.1, -0.05) is 20.8 Å². The zero-order chi connectivity index (χ0) is 11.3. The van der Waals surface area contributed by atoms with Crippen LogP contribution >= 0.6 is 0 Å². The van der Waals surface area contributed by atoms with Crippen molar-refractivity contribution in [2.24, 2.45) is 17.1 Å². The lowest BCUT2D eigenvalue weighted by atomic mass is 9.82. The Morgan fingerprint density at radius 2 is 1.93 bits per heavy atom. The Balaban J connectivity index is 2.18. The lowest BCUT2D eigenvalue weighted by Crippen LogP contribution is -2.43. The summed E-state index contributed by atoms with van der Waals surface area (Å²) in [6, 6.07) is 0.272. The molecule has 3 nitrogen and oxygen atoms in total. The average Bonchev–Trinajstić information content (AvgIpc) is 2.18. The molecule has 1 unspecified atom stereocenters. The molecule has 1 aliphatic heterocycles. The quantitative estimate of drug-likeness (QED) is 0.727. The molecule has 1 fully saturated rings. The SMILES string of the molecule is CC(C)C(N)CNCC1(C)CCOCC1. The Bertz CT molecular complexity index is 176. The molecule has 15 heavy (non-hydrogen) atoms. The second-order valence-corrected chi connectivity index (χ2v) is 5.46. The number of nitrogens with two attached hydrogens (primary N) is 1. The Labute approximate surface area is 93.8 Å². The third-order valence-electron chi connectivity index (χ3n) is 3.49. The molecule has 0 bridgehead atoms. The molecule has 1 rings (SSSR count). The van der Waals surface area contributed by atoms with E-state index in [2.05, 4.69) is 26.1 Å². The van der Waals surface area contributed by atoms with Crippen LogP contribution in [0.1, 0.15) is 33.6 Å². The first-order chi connectivity index (χ1) is 7.03. The van der Waals surface area contributed by atoms with Gasteiger partial charge in [0.1, 0.15) is 0 Å². The van der Waals surface area contributed by atoms with Crippen LogP contribution < -0.4 is 11.1 Å². The summed E-state index contributed by atoms with van der Waals surface area (Å²) in [5.41, 5.74) is 6.40. The predicted octanol–water partition coefficient (Wildman–Crippen LogP) is 1.38. The van der Waals surface area contributed by atoms with Crippen molar-refractivity contribution in [1.29, 1.82) is 0 Å². The van der Waals surface area contributed by atoms with E-state index in [0.717, 1.165) is 39.1 Å². The highest BCUT2D eigenvalue weighted by Crippen LogP contribution is 2.28. The van der Waals surface area contributed by atoms with Gasteiger partial charge in [-0.2, -0.15) is 0 Å². The zero-order valence-electron chi connectivity index (χ0n) is 10.4. The third kappa shape index (κ3) is 4.49. The molecule has 1 atom stereocenters. The van der Waals surface area contributed by atoms with Gasteiger partial charge in [0.25, 0.3) is 0 Å². The van der Waals surface area contributed by atoms with Crippen molar-refractivity contribution >= 4 is 0 Å². The highest BCUT2D eigenvalue weighted by Gasteiger charge is 2.26. The van der Waals surface area contributed by atoms with Crippen LogP contribution in [-0.4, -0.2) is 32.3 Å².